The zero-order valence-electron chi connectivity index (χ0n) is 14.9. The van der Waals surface area contributed by atoms with Gasteiger partial charge < -0.3 is 55.3 Å². The molecule has 0 aromatic rings. The molecule has 0 aromatic carbocycles. The molecule has 1 unspecified atom stereocenters. The first kappa shape index (κ1) is 22.4. The lowest BCUT2D eigenvalue weighted by Gasteiger charge is -2.52. The van der Waals surface area contributed by atoms with Crippen molar-refractivity contribution in [1.29, 1.82) is 0 Å². The number of aliphatic hydroxyl groups is 7. The summed E-state index contributed by atoms with van der Waals surface area (Å²) in [5, 5.41) is 73.9. The zero-order valence-corrected chi connectivity index (χ0v) is 14.9. The summed E-state index contributed by atoms with van der Waals surface area (Å²) in [6.07, 6.45) is -13.8. The number of rotatable bonds is 5. The van der Waals surface area contributed by atoms with Crippen LogP contribution in [0.1, 0.15) is 6.92 Å². The van der Waals surface area contributed by atoms with Crippen molar-refractivity contribution in [2.45, 2.75) is 67.6 Å². The van der Waals surface area contributed by atoms with Crippen LogP contribution in [0.15, 0.2) is 0 Å². The Morgan fingerprint density at radius 1 is 1.26 bits per heavy atom. The first-order valence-corrected chi connectivity index (χ1v) is 8.40. The molecule has 12 heteroatoms. The van der Waals surface area contributed by atoms with Gasteiger partial charge in [-0.15, -0.1) is 0 Å². The molecule has 10 atom stereocenters. The smallest absolute Gasteiger partial charge is 0.217 e. The molecule has 2 rings (SSSR count). The maximum Gasteiger partial charge on any atom is 0.217 e. The number of aliphatic hydroxyl groups excluding tert-OH is 6. The molecule has 2 aliphatic rings. The molecule has 2 heterocycles. The Kier molecular flexibility index (Phi) is 7.13. The minimum absolute atomic E-state index is 0.300. The molecule has 2 saturated heterocycles. The second-order valence-electron chi connectivity index (χ2n) is 6.78. The average Bonchev–Trinajstić information content (AvgIpc) is 2.63. The van der Waals surface area contributed by atoms with E-state index in [1.54, 1.807) is 0 Å². The standard InChI is InChI=1S/C15H27NO11/c1-5(18)16-6-4-26-11(10(21)8(6)19)13(23)15(24)12(22)9(20)7(3-17)27-14(15)25-2/h6-14,17,19-24H,3-4H2,1-2H3,(H,16,18)/t6-,7-,8-,9-,10+,11+,12+,13?,14+,15-/m1/s1. The van der Waals surface area contributed by atoms with E-state index in [1.165, 1.54) is 6.92 Å². The maximum absolute atomic E-state index is 11.1. The highest BCUT2D eigenvalue weighted by Gasteiger charge is 2.62. The van der Waals surface area contributed by atoms with E-state index in [-0.39, 0.29) is 6.61 Å². The lowest BCUT2D eigenvalue weighted by Crippen LogP contribution is -2.75. The Labute approximate surface area is 154 Å². The number of hydrogen-bond donors (Lipinski definition) is 8. The van der Waals surface area contributed by atoms with E-state index in [0.717, 1.165) is 7.11 Å². The van der Waals surface area contributed by atoms with Crippen molar-refractivity contribution in [1.82, 2.24) is 5.32 Å². The van der Waals surface area contributed by atoms with E-state index in [0.29, 0.717) is 0 Å². The molecule has 0 aliphatic carbocycles. The van der Waals surface area contributed by atoms with E-state index < -0.39 is 73.2 Å². The first-order valence-electron chi connectivity index (χ1n) is 8.40. The van der Waals surface area contributed by atoms with Crippen molar-refractivity contribution >= 4 is 5.91 Å². The number of methoxy groups -OCH3 is 1. The van der Waals surface area contributed by atoms with Gasteiger partial charge in [0, 0.05) is 14.0 Å². The van der Waals surface area contributed by atoms with Crippen molar-refractivity contribution in [2.24, 2.45) is 0 Å². The number of carbonyl (C=O) groups excluding carboxylic acids is 1. The maximum atomic E-state index is 11.1. The molecule has 0 spiro atoms. The summed E-state index contributed by atoms with van der Waals surface area (Å²) < 4.78 is 15.4. The number of amides is 1. The van der Waals surface area contributed by atoms with Gasteiger partial charge in [-0.05, 0) is 0 Å². The van der Waals surface area contributed by atoms with Crippen molar-refractivity contribution < 1.29 is 54.8 Å². The Hall–Kier alpha value is -0.930. The van der Waals surface area contributed by atoms with E-state index in [1.807, 2.05) is 0 Å². The number of ether oxygens (including phenoxy) is 3. The molecule has 12 nitrogen and oxygen atoms in total. The number of hydrogen-bond acceptors (Lipinski definition) is 11. The Morgan fingerprint density at radius 2 is 1.89 bits per heavy atom. The Balaban J connectivity index is 2.24. The summed E-state index contributed by atoms with van der Waals surface area (Å²) in [5.74, 6) is -0.471. The van der Waals surface area contributed by atoms with Gasteiger partial charge in [0.05, 0.1) is 19.3 Å². The SMILES string of the molecule is CO[C@H]1O[C@H](CO)[C@@H](O)[C@H](O)[C@@]1(O)C(O)[C@H]1OC[C@@H](NC(C)=O)[C@@H](O)[C@@H]1O. The van der Waals surface area contributed by atoms with E-state index in [4.69, 9.17) is 14.2 Å². The van der Waals surface area contributed by atoms with Crippen LogP contribution in [0, 0.1) is 0 Å². The molecule has 2 aliphatic heterocycles. The minimum Gasteiger partial charge on any atom is -0.394 e. The Morgan fingerprint density at radius 3 is 2.41 bits per heavy atom. The topological polar surface area (TPSA) is 198 Å². The molecule has 0 saturated carbocycles. The normalized spacial score (nSPS) is 46.7. The lowest BCUT2D eigenvalue weighted by molar-refractivity contribution is -0.367. The van der Waals surface area contributed by atoms with Crippen molar-refractivity contribution in [3.63, 3.8) is 0 Å². The summed E-state index contributed by atoms with van der Waals surface area (Å²) in [6.45, 7) is 0.219. The predicted molar refractivity (Wildman–Crippen MR) is 85.1 cm³/mol. The number of carbonyl (C=O) groups is 1. The minimum atomic E-state index is -2.66. The summed E-state index contributed by atoms with van der Waals surface area (Å²) in [7, 11) is 1.10. The average molecular weight is 397 g/mol. The van der Waals surface area contributed by atoms with E-state index in [2.05, 4.69) is 5.32 Å². The molecule has 27 heavy (non-hydrogen) atoms. The van der Waals surface area contributed by atoms with Crippen LogP contribution in [0.4, 0.5) is 0 Å². The molecule has 158 valence electrons. The van der Waals surface area contributed by atoms with Gasteiger partial charge in [0.1, 0.15) is 42.7 Å². The Bertz CT molecular complexity index is 518. The molecule has 0 bridgehead atoms. The third-order valence-corrected chi connectivity index (χ3v) is 4.99. The van der Waals surface area contributed by atoms with Gasteiger partial charge in [0.2, 0.25) is 5.91 Å². The summed E-state index contributed by atoms with van der Waals surface area (Å²) in [4.78, 5) is 11.1. The zero-order chi connectivity index (χ0) is 20.5. The molecule has 0 aromatic heterocycles. The summed E-state index contributed by atoms with van der Waals surface area (Å²) in [6, 6.07) is -0.953. The third kappa shape index (κ3) is 3.96. The second kappa shape index (κ2) is 8.61. The van der Waals surface area contributed by atoms with Crippen LogP contribution in [-0.2, 0) is 19.0 Å². The molecule has 0 radical (unpaired) electrons. The highest BCUT2D eigenvalue weighted by atomic mass is 16.7. The van der Waals surface area contributed by atoms with Crippen LogP contribution in [0.25, 0.3) is 0 Å². The quantitative estimate of drug-likeness (QED) is 0.220. The molecule has 1 amide bonds. The monoisotopic (exact) mass is 397 g/mol. The highest BCUT2D eigenvalue weighted by Crippen LogP contribution is 2.36. The molecule has 2 fully saturated rings. The van der Waals surface area contributed by atoms with Crippen LogP contribution in [0.5, 0.6) is 0 Å². The van der Waals surface area contributed by atoms with Gasteiger partial charge in [-0.25, -0.2) is 0 Å². The fraction of sp³-hybridized carbons (Fsp3) is 0.933. The van der Waals surface area contributed by atoms with Crippen molar-refractivity contribution in [2.75, 3.05) is 20.3 Å². The van der Waals surface area contributed by atoms with Gasteiger partial charge in [0.15, 0.2) is 11.9 Å². The molecular weight excluding hydrogens is 370 g/mol. The first-order chi connectivity index (χ1) is 12.6. The fourth-order valence-electron chi connectivity index (χ4n) is 3.45. The van der Waals surface area contributed by atoms with Crippen LogP contribution in [0.2, 0.25) is 0 Å². The van der Waals surface area contributed by atoms with Gasteiger partial charge in [-0.2, -0.15) is 0 Å². The summed E-state index contributed by atoms with van der Waals surface area (Å²) >= 11 is 0. The van der Waals surface area contributed by atoms with Crippen molar-refractivity contribution in [3.05, 3.63) is 0 Å². The van der Waals surface area contributed by atoms with Crippen LogP contribution < -0.4 is 5.32 Å². The van der Waals surface area contributed by atoms with Crippen LogP contribution >= 0.6 is 0 Å². The lowest BCUT2D eigenvalue weighted by atomic mass is 9.77. The third-order valence-electron chi connectivity index (χ3n) is 4.99. The molecule has 8 N–H and O–H groups in total. The van der Waals surface area contributed by atoms with Gasteiger partial charge >= 0.3 is 0 Å². The van der Waals surface area contributed by atoms with E-state index in [9.17, 15) is 40.5 Å². The highest BCUT2D eigenvalue weighted by molar-refractivity contribution is 5.73. The molecular formula is C15H27NO11. The fourth-order valence-corrected chi connectivity index (χ4v) is 3.45. The largest absolute Gasteiger partial charge is 0.394 e. The van der Waals surface area contributed by atoms with E-state index >= 15 is 0 Å². The summed E-state index contributed by atoms with van der Waals surface area (Å²) in [5.41, 5.74) is -2.66. The van der Waals surface area contributed by atoms with Crippen molar-refractivity contribution in [3.8, 4) is 0 Å². The van der Waals surface area contributed by atoms with Gasteiger partial charge in [0.25, 0.3) is 0 Å². The van der Waals surface area contributed by atoms with Gasteiger partial charge in [-0.1, -0.05) is 0 Å². The van der Waals surface area contributed by atoms with Gasteiger partial charge in [-0.3, -0.25) is 4.79 Å². The predicted octanol–water partition coefficient (Wildman–Crippen LogP) is -5.21. The van der Waals surface area contributed by atoms with Crippen LogP contribution in [-0.4, -0.2) is 123 Å². The number of nitrogens with one attached hydrogen (secondary N) is 1. The second-order valence-corrected chi connectivity index (χ2v) is 6.78. The van der Waals surface area contributed by atoms with Crippen LogP contribution in [0.3, 0.4) is 0 Å².